The Kier molecular flexibility index (Phi) is 3.71. The molecule has 0 aliphatic carbocycles. The first kappa shape index (κ1) is 14.4. The van der Waals surface area contributed by atoms with Gasteiger partial charge in [-0.25, -0.2) is 0 Å². The van der Waals surface area contributed by atoms with E-state index < -0.39 is 5.92 Å². The number of anilines is 1. The van der Waals surface area contributed by atoms with Crippen LogP contribution in [0.3, 0.4) is 0 Å². The Hall–Kier alpha value is -2.56. The molecule has 0 saturated heterocycles. The maximum Gasteiger partial charge on any atom is 0.230 e. The molecule has 1 aromatic heterocycles. The predicted molar refractivity (Wildman–Crippen MR) is 82.3 cm³/mol. The molecule has 2 heterocycles. The lowest BCUT2D eigenvalue weighted by molar-refractivity contribution is -0.134. The lowest BCUT2D eigenvalue weighted by atomic mass is 9.89. The summed E-state index contributed by atoms with van der Waals surface area (Å²) < 4.78 is 5.51. The number of nitrogens with one attached hydrogen (secondary N) is 1. The normalized spacial score (nSPS) is 16.8. The number of carbonyl (C=O) groups is 2. The number of rotatable bonds is 3. The molecule has 0 radical (unpaired) electrons. The van der Waals surface area contributed by atoms with Crippen LogP contribution >= 0.6 is 0 Å². The van der Waals surface area contributed by atoms with Gasteiger partial charge in [-0.2, -0.15) is 0 Å². The first-order chi connectivity index (χ1) is 10.5. The summed E-state index contributed by atoms with van der Waals surface area (Å²) in [5, 5.41) is 2.81. The fourth-order valence-electron chi connectivity index (χ4n) is 2.78. The van der Waals surface area contributed by atoms with Gasteiger partial charge < -0.3 is 14.6 Å². The topological polar surface area (TPSA) is 62.6 Å². The summed E-state index contributed by atoms with van der Waals surface area (Å²) in [6, 6.07) is 11.2. The summed E-state index contributed by atoms with van der Waals surface area (Å²) in [4.78, 5) is 26.2. The molecule has 114 valence electrons. The molecule has 1 aliphatic rings. The monoisotopic (exact) mass is 298 g/mol. The van der Waals surface area contributed by atoms with E-state index in [1.165, 1.54) is 0 Å². The van der Waals surface area contributed by atoms with Gasteiger partial charge in [0.1, 0.15) is 11.5 Å². The molecule has 2 aromatic rings. The van der Waals surface area contributed by atoms with Gasteiger partial charge in [-0.05, 0) is 30.7 Å². The summed E-state index contributed by atoms with van der Waals surface area (Å²) in [7, 11) is 1.73. The van der Waals surface area contributed by atoms with Gasteiger partial charge in [0.05, 0.1) is 12.5 Å². The molecule has 1 aromatic carbocycles. The number of aryl methyl sites for hydroxylation is 1. The van der Waals surface area contributed by atoms with Crippen molar-refractivity contribution < 1.29 is 14.0 Å². The average molecular weight is 298 g/mol. The Bertz CT molecular complexity index is 720. The van der Waals surface area contributed by atoms with Gasteiger partial charge in [-0.15, -0.1) is 0 Å². The molecule has 1 aliphatic heterocycles. The second kappa shape index (κ2) is 5.67. The van der Waals surface area contributed by atoms with E-state index in [0.29, 0.717) is 6.54 Å². The first-order valence-corrected chi connectivity index (χ1v) is 7.23. The maximum atomic E-state index is 12.7. The smallest absolute Gasteiger partial charge is 0.230 e. The molecule has 2 amide bonds. The van der Waals surface area contributed by atoms with Crippen molar-refractivity contribution >= 4 is 17.5 Å². The van der Waals surface area contributed by atoms with Gasteiger partial charge in [0, 0.05) is 19.2 Å². The highest BCUT2D eigenvalue weighted by Gasteiger charge is 2.32. The van der Waals surface area contributed by atoms with Crippen LogP contribution in [0.1, 0.15) is 29.4 Å². The molecule has 0 saturated carbocycles. The molecule has 1 N–H and O–H groups in total. The number of para-hydroxylation sites is 1. The van der Waals surface area contributed by atoms with Crippen molar-refractivity contribution in [2.75, 3.05) is 12.4 Å². The molecular weight excluding hydrogens is 280 g/mol. The standard InChI is InChI=1S/C17H18N2O3/c1-11-7-8-12(22-11)10-19(2)17(21)14-9-16(20)18-15-6-4-3-5-13(14)15/h3-8,14H,9-10H2,1-2H3,(H,18,20). The Morgan fingerprint density at radius 2 is 2.09 bits per heavy atom. The summed E-state index contributed by atoms with van der Waals surface area (Å²) in [6.45, 7) is 2.26. The molecule has 1 atom stereocenters. The number of likely N-dealkylation sites (N-methyl/N-ethyl adjacent to an activating group) is 1. The minimum atomic E-state index is -0.439. The van der Waals surface area contributed by atoms with Gasteiger partial charge in [-0.3, -0.25) is 9.59 Å². The number of hydrogen-bond donors (Lipinski definition) is 1. The minimum absolute atomic E-state index is 0.0728. The second-order valence-electron chi connectivity index (χ2n) is 5.60. The predicted octanol–water partition coefficient (Wildman–Crippen LogP) is 2.67. The van der Waals surface area contributed by atoms with E-state index in [1.54, 1.807) is 11.9 Å². The Labute approximate surface area is 128 Å². The van der Waals surface area contributed by atoms with Crippen LogP contribution in [0.2, 0.25) is 0 Å². The van der Waals surface area contributed by atoms with Crippen molar-refractivity contribution in [2.45, 2.75) is 25.8 Å². The number of nitrogens with zero attached hydrogens (tertiary/aromatic N) is 1. The number of carbonyl (C=O) groups excluding carboxylic acids is 2. The number of hydrogen-bond acceptors (Lipinski definition) is 3. The van der Waals surface area contributed by atoms with Crippen LogP contribution in [-0.2, 0) is 16.1 Å². The van der Waals surface area contributed by atoms with Gasteiger partial charge in [-0.1, -0.05) is 18.2 Å². The molecule has 1 unspecified atom stereocenters. The summed E-state index contributed by atoms with van der Waals surface area (Å²) in [5.41, 5.74) is 1.59. The zero-order valence-electron chi connectivity index (χ0n) is 12.6. The lowest BCUT2D eigenvalue weighted by Gasteiger charge is -2.28. The van der Waals surface area contributed by atoms with Gasteiger partial charge >= 0.3 is 0 Å². The fraction of sp³-hybridized carbons (Fsp3) is 0.294. The van der Waals surface area contributed by atoms with Crippen molar-refractivity contribution in [3.63, 3.8) is 0 Å². The van der Waals surface area contributed by atoms with E-state index in [-0.39, 0.29) is 18.2 Å². The summed E-state index contributed by atoms with van der Waals surface area (Å²) >= 11 is 0. The lowest BCUT2D eigenvalue weighted by Crippen LogP contribution is -2.36. The SMILES string of the molecule is Cc1ccc(CN(C)C(=O)C2CC(=O)Nc3ccccc32)o1. The third-order valence-electron chi connectivity index (χ3n) is 3.86. The first-order valence-electron chi connectivity index (χ1n) is 7.23. The largest absolute Gasteiger partial charge is 0.464 e. The quantitative estimate of drug-likeness (QED) is 0.947. The van der Waals surface area contributed by atoms with E-state index in [1.807, 2.05) is 43.3 Å². The van der Waals surface area contributed by atoms with Crippen LogP contribution in [0.15, 0.2) is 40.8 Å². The molecule has 0 fully saturated rings. The highest BCUT2D eigenvalue weighted by atomic mass is 16.3. The Balaban J connectivity index is 1.81. The molecule has 0 bridgehead atoms. The van der Waals surface area contributed by atoms with Crippen molar-refractivity contribution in [2.24, 2.45) is 0 Å². The number of fused-ring (bicyclic) bond motifs is 1. The Morgan fingerprint density at radius 3 is 2.82 bits per heavy atom. The number of benzene rings is 1. The van der Waals surface area contributed by atoms with Crippen LogP contribution in [0, 0.1) is 6.92 Å². The highest BCUT2D eigenvalue weighted by molar-refractivity contribution is 6.01. The molecular formula is C17H18N2O3. The molecule has 5 heteroatoms. The van der Waals surface area contributed by atoms with E-state index >= 15 is 0 Å². The van der Waals surface area contributed by atoms with Crippen molar-refractivity contribution in [1.82, 2.24) is 4.90 Å². The van der Waals surface area contributed by atoms with E-state index in [9.17, 15) is 9.59 Å². The summed E-state index contributed by atoms with van der Waals surface area (Å²) in [6.07, 6.45) is 0.178. The highest BCUT2D eigenvalue weighted by Crippen LogP contribution is 2.33. The van der Waals surface area contributed by atoms with Gasteiger partial charge in [0.2, 0.25) is 11.8 Å². The minimum Gasteiger partial charge on any atom is -0.464 e. The third kappa shape index (κ3) is 2.74. The van der Waals surface area contributed by atoms with Crippen LogP contribution in [0.5, 0.6) is 0 Å². The van der Waals surface area contributed by atoms with Crippen LogP contribution in [-0.4, -0.2) is 23.8 Å². The van der Waals surface area contributed by atoms with E-state index in [4.69, 9.17) is 4.42 Å². The second-order valence-corrected chi connectivity index (χ2v) is 5.60. The van der Waals surface area contributed by atoms with Crippen LogP contribution in [0.25, 0.3) is 0 Å². The van der Waals surface area contributed by atoms with E-state index in [2.05, 4.69) is 5.32 Å². The Morgan fingerprint density at radius 1 is 1.32 bits per heavy atom. The maximum absolute atomic E-state index is 12.7. The van der Waals surface area contributed by atoms with Crippen molar-refractivity contribution in [3.8, 4) is 0 Å². The molecule has 3 rings (SSSR count). The molecule has 5 nitrogen and oxygen atoms in total. The van der Waals surface area contributed by atoms with Crippen LogP contribution < -0.4 is 5.32 Å². The summed E-state index contributed by atoms with van der Waals surface area (Å²) in [5.74, 6) is 0.918. The zero-order valence-corrected chi connectivity index (χ0v) is 12.6. The number of amides is 2. The van der Waals surface area contributed by atoms with Gasteiger partial charge in [0.15, 0.2) is 0 Å². The molecule has 0 spiro atoms. The van der Waals surface area contributed by atoms with Crippen LogP contribution in [0.4, 0.5) is 5.69 Å². The fourth-order valence-corrected chi connectivity index (χ4v) is 2.78. The average Bonchev–Trinajstić information content (AvgIpc) is 2.90. The van der Waals surface area contributed by atoms with Crippen molar-refractivity contribution in [3.05, 3.63) is 53.5 Å². The number of furan rings is 1. The van der Waals surface area contributed by atoms with E-state index in [0.717, 1.165) is 22.8 Å². The van der Waals surface area contributed by atoms with Crippen molar-refractivity contribution in [1.29, 1.82) is 0 Å². The van der Waals surface area contributed by atoms with Gasteiger partial charge in [0.25, 0.3) is 0 Å². The molecule has 22 heavy (non-hydrogen) atoms. The third-order valence-corrected chi connectivity index (χ3v) is 3.86. The zero-order chi connectivity index (χ0) is 15.7.